The van der Waals surface area contributed by atoms with Crippen molar-refractivity contribution in [2.24, 2.45) is 11.8 Å². The van der Waals surface area contributed by atoms with Gasteiger partial charge in [-0.05, 0) is 49.4 Å². The molecule has 2 aromatic carbocycles. The van der Waals surface area contributed by atoms with Crippen LogP contribution in [0.15, 0.2) is 42.5 Å². The maximum Gasteiger partial charge on any atom is 0.228 e. The number of amides is 2. The Balaban J connectivity index is 1.37. The molecule has 4 heteroatoms. The predicted molar refractivity (Wildman–Crippen MR) is 102 cm³/mol. The second-order valence-electron chi connectivity index (χ2n) is 7.53. The van der Waals surface area contributed by atoms with Gasteiger partial charge in [-0.2, -0.15) is 0 Å². The summed E-state index contributed by atoms with van der Waals surface area (Å²) in [7, 11) is 0. The van der Waals surface area contributed by atoms with Gasteiger partial charge in [-0.15, -0.1) is 0 Å². The predicted octanol–water partition coefficient (Wildman–Crippen LogP) is 3.46. The van der Waals surface area contributed by atoms with Crippen molar-refractivity contribution in [1.29, 1.82) is 0 Å². The summed E-state index contributed by atoms with van der Waals surface area (Å²) in [5.74, 6) is -0.264. The highest BCUT2D eigenvalue weighted by Crippen LogP contribution is 2.41. The van der Waals surface area contributed by atoms with Crippen LogP contribution >= 0.6 is 0 Å². The van der Waals surface area contributed by atoms with Crippen LogP contribution in [0.1, 0.15) is 28.7 Å². The van der Waals surface area contributed by atoms with Gasteiger partial charge in [-0.3, -0.25) is 9.59 Å². The van der Waals surface area contributed by atoms with E-state index < -0.39 is 0 Å². The first-order valence-corrected chi connectivity index (χ1v) is 9.26. The zero-order valence-corrected chi connectivity index (χ0v) is 15.3. The molecule has 2 aromatic rings. The Morgan fingerprint density at radius 1 is 1.04 bits per heavy atom. The number of nitrogens with zero attached hydrogens (tertiary/aromatic N) is 1. The number of nitrogens with one attached hydrogen (secondary N) is 1. The molecule has 0 spiro atoms. The molecule has 0 aromatic heterocycles. The highest BCUT2D eigenvalue weighted by molar-refractivity contribution is 6.00. The highest BCUT2D eigenvalue weighted by atomic mass is 16.2. The highest BCUT2D eigenvalue weighted by Gasteiger charge is 2.49. The van der Waals surface area contributed by atoms with Gasteiger partial charge < -0.3 is 10.2 Å². The van der Waals surface area contributed by atoms with Crippen LogP contribution in [0.3, 0.4) is 0 Å². The van der Waals surface area contributed by atoms with Crippen molar-refractivity contribution in [3.8, 4) is 0 Å². The quantitative estimate of drug-likeness (QED) is 0.923. The Labute approximate surface area is 154 Å². The SMILES string of the molecule is Cc1ccc(NC(=O)C2CC2C(=O)N2CCc3ccccc3C2)c(C)c1. The lowest BCUT2D eigenvalue weighted by molar-refractivity contribution is -0.135. The standard InChI is InChI=1S/C22H24N2O2/c1-14-7-8-20(15(2)11-14)23-21(25)18-12-19(18)22(26)24-10-9-16-5-3-4-6-17(16)13-24/h3-8,11,18-19H,9-10,12-13H2,1-2H3,(H,23,25). The summed E-state index contributed by atoms with van der Waals surface area (Å²) in [6, 6.07) is 14.3. The van der Waals surface area contributed by atoms with Crippen molar-refractivity contribution >= 4 is 17.5 Å². The van der Waals surface area contributed by atoms with Crippen LogP contribution in [0.4, 0.5) is 5.69 Å². The molecular weight excluding hydrogens is 324 g/mol. The molecule has 1 aliphatic carbocycles. The Hall–Kier alpha value is -2.62. The number of hydrogen-bond acceptors (Lipinski definition) is 2. The average Bonchev–Trinajstić information content (AvgIpc) is 3.44. The molecule has 4 nitrogen and oxygen atoms in total. The van der Waals surface area contributed by atoms with Crippen LogP contribution in [0, 0.1) is 25.7 Å². The lowest BCUT2D eigenvalue weighted by atomic mass is 9.99. The van der Waals surface area contributed by atoms with Gasteiger partial charge in [-0.25, -0.2) is 0 Å². The van der Waals surface area contributed by atoms with E-state index in [2.05, 4.69) is 23.5 Å². The summed E-state index contributed by atoms with van der Waals surface area (Å²) in [4.78, 5) is 27.2. The number of hydrogen-bond donors (Lipinski definition) is 1. The molecule has 2 atom stereocenters. The van der Waals surface area contributed by atoms with E-state index in [0.717, 1.165) is 24.2 Å². The molecule has 4 rings (SSSR count). The van der Waals surface area contributed by atoms with Gasteiger partial charge >= 0.3 is 0 Å². The molecule has 1 saturated carbocycles. The zero-order chi connectivity index (χ0) is 18.3. The Bertz CT molecular complexity index is 874. The second-order valence-corrected chi connectivity index (χ2v) is 7.53. The maximum atomic E-state index is 12.8. The van der Waals surface area contributed by atoms with Gasteiger partial charge in [-0.1, -0.05) is 42.0 Å². The first kappa shape index (κ1) is 16.8. The van der Waals surface area contributed by atoms with E-state index in [4.69, 9.17) is 0 Å². The summed E-state index contributed by atoms with van der Waals surface area (Å²) in [6.07, 6.45) is 1.56. The van der Waals surface area contributed by atoms with Crippen LogP contribution in [-0.2, 0) is 22.6 Å². The van der Waals surface area contributed by atoms with Crippen LogP contribution in [0.2, 0.25) is 0 Å². The van der Waals surface area contributed by atoms with Gasteiger partial charge in [0, 0.05) is 18.8 Å². The lowest BCUT2D eigenvalue weighted by Crippen LogP contribution is -2.37. The van der Waals surface area contributed by atoms with Gasteiger partial charge in [0.1, 0.15) is 0 Å². The molecule has 1 N–H and O–H groups in total. The Morgan fingerprint density at radius 2 is 1.81 bits per heavy atom. The van der Waals surface area contributed by atoms with Crippen LogP contribution < -0.4 is 5.32 Å². The molecule has 0 radical (unpaired) electrons. The van der Waals surface area contributed by atoms with E-state index in [1.807, 2.05) is 43.0 Å². The molecule has 1 fully saturated rings. The third kappa shape index (κ3) is 3.24. The van der Waals surface area contributed by atoms with Gasteiger partial charge in [0.15, 0.2) is 0 Å². The van der Waals surface area contributed by atoms with Crippen LogP contribution in [-0.4, -0.2) is 23.3 Å². The monoisotopic (exact) mass is 348 g/mol. The minimum Gasteiger partial charge on any atom is -0.338 e. The van der Waals surface area contributed by atoms with E-state index >= 15 is 0 Å². The zero-order valence-electron chi connectivity index (χ0n) is 15.3. The molecule has 2 aliphatic rings. The summed E-state index contributed by atoms with van der Waals surface area (Å²) in [5.41, 5.74) is 5.62. The smallest absolute Gasteiger partial charge is 0.228 e. The van der Waals surface area contributed by atoms with E-state index in [1.165, 1.54) is 16.7 Å². The van der Waals surface area contributed by atoms with Crippen LogP contribution in [0.5, 0.6) is 0 Å². The van der Waals surface area contributed by atoms with Crippen molar-refractivity contribution in [2.75, 3.05) is 11.9 Å². The molecule has 0 saturated heterocycles. The van der Waals surface area contributed by atoms with Gasteiger partial charge in [0.25, 0.3) is 0 Å². The average molecular weight is 348 g/mol. The molecule has 2 amide bonds. The minimum absolute atomic E-state index is 0.0345. The van der Waals surface area contributed by atoms with Crippen molar-refractivity contribution < 1.29 is 9.59 Å². The third-order valence-corrected chi connectivity index (χ3v) is 5.53. The number of fused-ring (bicyclic) bond motifs is 1. The Morgan fingerprint density at radius 3 is 2.58 bits per heavy atom. The molecule has 134 valence electrons. The largest absolute Gasteiger partial charge is 0.338 e. The second kappa shape index (κ2) is 6.60. The molecule has 26 heavy (non-hydrogen) atoms. The summed E-state index contributed by atoms with van der Waals surface area (Å²) >= 11 is 0. The van der Waals surface area contributed by atoms with Crippen LogP contribution in [0.25, 0.3) is 0 Å². The fraction of sp³-hybridized carbons (Fsp3) is 0.364. The number of benzene rings is 2. The van der Waals surface area contributed by atoms with Crippen molar-refractivity contribution in [3.05, 3.63) is 64.7 Å². The maximum absolute atomic E-state index is 12.8. The first-order valence-electron chi connectivity index (χ1n) is 9.26. The fourth-order valence-corrected chi connectivity index (χ4v) is 3.86. The van der Waals surface area contributed by atoms with E-state index in [9.17, 15) is 9.59 Å². The summed E-state index contributed by atoms with van der Waals surface area (Å²) in [6.45, 7) is 5.43. The van der Waals surface area contributed by atoms with Crippen molar-refractivity contribution in [2.45, 2.75) is 33.2 Å². The summed E-state index contributed by atoms with van der Waals surface area (Å²) < 4.78 is 0. The normalized spacial score (nSPS) is 21.1. The topological polar surface area (TPSA) is 49.4 Å². The molecule has 1 aliphatic heterocycles. The molecular formula is C22H24N2O2. The summed E-state index contributed by atoms with van der Waals surface area (Å²) in [5, 5.41) is 2.99. The molecule has 2 unspecified atom stereocenters. The number of carbonyl (C=O) groups excluding carboxylic acids is 2. The third-order valence-electron chi connectivity index (χ3n) is 5.53. The molecule has 0 bridgehead atoms. The fourth-order valence-electron chi connectivity index (χ4n) is 3.86. The number of aryl methyl sites for hydroxylation is 2. The van der Waals surface area contributed by atoms with E-state index in [-0.39, 0.29) is 23.7 Å². The van der Waals surface area contributed by atoms with E-state index in [0.29, 0.717) is 13.0 Å². The number of carbonyl (C=O) groups is 2. The number of anilines is 1. The minimum atomic E-state index is -0.194. The number of rotatable bonds is 3. The van der Waals surface area contributed by atoms with Crippen molar-refractivity contribution in [1.82, 2.24) is 4.90 Å². The molecule has 1 heterocycles. The van der Waals surface area contributed by atoms with Crippen molar-refractivity contribution in [3.63, 3.8) is 0 Å². The van der Waals surface area contributed by atoms with Gasteiger partial charge in [0.05, 0.1) is 11.8 Å². The first-order chi connectivity index (χ1) is 12.5. The Kier molecular flexibility index (Phi) is 4.27. The van der Waals surface area contributed by atoms with Gasteiger partial charge in [0.2, 0.25) is 11.8 Å². The van der Waals surface area contributed by atoms with E-state index in [1.54, 1.807) is 0 Å². The lowest BCUT2D eigenvalue weighted by Gasteiger charge is -2.29.